The molecule has 0 aromatic heterocycles. The first kappa shape index (κ1) is 14.3. The van der Waals surface area contributed by atoms with Crippen LogP contribution in [0.15, 0.2) is 24.3 Å². The molecule has 1 aromatic rings. The summed E-state index contributed by atoms with van der Waals surface area (Å²) in [4.78, 5) is 2.27. The molecule has 3 atom stereocenters. The van der Waals surface area contributed by atoms with Gasteiger partial charge in [0.1, 0.15) is 5.82 Å². The van der Waals surface area contributed by atoms with E-state index in [1.54, 1.807) is 0 Å². The SMILES string of the molecule is CC1CCC(CN)(N(C)c2ccc(F)cc2)C(C)C1. The normalized spacial score (nSPS) is 31.2. The summed E-state index contributed by atoms with van der Waals surface area (Å²) < 4.78 is 13.1. The Morgan fingerprint density at radius 3 is 2.47 bits per heavy atom. The van der Waals surface area contributed by atoms with E-state index in [4.69, 9.17) is 5.73 Å². The van der Waals surface area contributed by atoms with Gasteiger partial charge < -0.3 is 10.6 Å². The van der Waals surface area contributed by atoms with E-state index in [1.807, 2.05) is 12.1 Å². The van der Waals surface area contributed by atoms with Gasteiger partial charge in [0.15, 0.2) is 0 Å². The highest BCUT2D eigenvalue weighted by atomic mass is 19.1. The zero-order valence-electron chi connectivity index (χ0n) is 12.2. The molecule has 0 amide bonds. The van der Waals surface area contributed by atoms with Crippen LogP contribution in [0.25, 0.3) is 0 Å². The van der Waals surface area contributed by atoms with Crippen LogP contribution in [0.2, 0.25) is 0 Å². The third kappa shape index (κ3) is 2.62. The van der Waals surface area contributed by atoms with E-state index < -0.39 is 0 Å². The van der Waals surface area contributed by atoms with Gasteiger partial charge in [-0.15, -0.1) is 0 Å². The lowest BCUT2D eigenvalue weighted by molar-refractivity contribution is 0.164. The van der Waals surface area contributed by atoms with Crippen molar-refractivity contribution in [2.24, 2.45) is 17.6 Å². The minimum atomic E-state index is -0.190. The molecule has 19 heavy (non-hydrogen) atoms. The molecule has 0 spiro atoms. The average Bonchev–Trinajstić information content (AvgIpc) is 2.40. The van der Waals surface area contributed by atoms with E-state index >= 15 is 0 Å². The van der Waals surface area contributed by atoms with Crippen LogP contribution in [0.4, 0.5) is 10.1 Å². The first-order valence-electron chi connectivity index (χ1n) is 7.19. The maximum atomic E-state index is 13.1. The van der Waals surface area contributed by atoms with Crippen molar-refractivity contribution in [2.75, 3.05) is 18.5 Å². The summed E-state index contributed by atoms with van der Waals surface area (Å²) in [5.41, 5.74) is 7.18. The van der Waals surface area contributed by atoms with E-state index in [-0.39, 0.29) is 11.4 Å². The first-order valence-corrected chi connectivity index (χ1v) is 7.19. The lowest BCUT2D eigenvalue weighted by Gasteiger charge is -2.51. The van der Waals surface area contributed by atoms with Gasteiger partial charge in [0.2, 0.25) is 0 Å². The smallest absolute Gasteiger partial charge is 0.123 e. The van der Waals surface area contributed by atoms with Crippen LogP contribution in [-0.4, -0.2) is 19.1 Å². The maximum absolute atomic E-state index is 13.1. The van der Waals surface area contributed by atoms with E-state index in [0.29, 0.717) is 12.5 Å². The molecule has 1 aliphatic rings. The standard InChI is InChI=1S/C16H25FN2/c1-12-8-9-16(11-18,13(2)10-12)19(3)15-6-4-14(17)5-7-15/h4-7,12-13H,8-11,18H2,1-3H3. The van der Waals surface area contributed by atoms with E-state index in [1.165, 1.54) is 25.0 Å². The molecule has 0 radical (unpaired) electrons. The maximum Gasteiger partial charge on any atom is 0.123 e. The lowest BCUT2D eigenvalue weighted by Crippen LogP contribution is -2.59. The zero-order valence-corrected chi connectivity index (χ0v) is 12.2. The van der Waals surface area contributed by atoms with Crippen molar-refractivity contribution < 1.29 is 4.39 Å². The minimum absolute atomic E-state index is 0.00431. The van der Waals surface area contributed by atoms with Gasteiger partial charge in [-0.3, -0.25) is 0 Å². The van der Waals surface area contributed by atoms with Crippen molar-refractivity contribution in [3.05, 3.63) is 30.1 Å². The number of anilines is 1. The molecule has 1 aromatic carbocycles. The molecule has 3 heteroatoms. The number of rotatable bonds is 3. The monoisotopic (exact) mass is 264 g/mol. The molecule has 2 rings (SSSR count). The molecular formula is C16H25FN2. The van der Waals surface area contributed by atoms with Gasteiger partial charge in [0.05, 0.1) is 5.54 Å². The second kappa shape index (κ2) is 5.49. The Bertz CT molecular complexity index is 417. The number of nitrogens with zero attached hydrogens (tertiary/aromatic N) is 1. The Hall–Kier alpha value is -1.09. The van der Waals surface area contributed by atoms with Crippen LogP contribution in [0, 0.1) is 17.7 Å². The second-order valence-electron chi connectivity index (χ2n) is 6.12. The van der Waals surface area contributed by atoms with Gasteiger partial charge in [-0.05, 0) is 55.4 Å². The Balaban J connectivity index is 2.27. The van der Waals surface area contributed by atoms with Crippen LogP contribution in [0.1, 0.15) is 33.1 Å². The van der Waals surface area contributed by atoms with Gasteiger partial charge in [-0.25, -0.2) is 4.39 Å². The predicted octanol–water partition coefficient (Wildman–Crippen LogP) is 3.42. The Labute approximate surface area is 115 Å². The summed E-state index contributed by atoms with van der Waals surface area (Å²) in [5.74, 6) is 1.14. The number of hydrogen-bond donors (Lipinski definition) is 1. The first-order chi connectivity index (χ1) is 8.99. The number of likely N-dealkylation sites (N-methyl/N-ethyl adjacent to an activating group) is 1. The third-order valence-electron chi connectivity index (χ3n) is 4.98. The molecule has 2 nitrogen and oxygen atoms in total. The summed E-state index contributed by atoms with van der Waals surface area (Å²) >= 11 is 0. The summed E-state index contributed by atoms with van der Waals surface area (Å²) in [7, 11) is 2.09. The second-order valence-corrected chi connectivity index (χ2v) is 6.12. The molecule has 1 saturated carbocycles. The fraction of sp³-hybridized carbons (Fsp3) is 0.625. The number of halogens is 1. The highest BCUT2D eigenvalue weighted by Gasteiger charge is 2.42. The molecule has 106 valence electrons. The summed E-state index contributed by atoms with van der Waals surface area (Å²) in [6.07, 6.45) is 3.54. The van der Waals surface area contributed by atoms with Crippen molar-refractivity contribution in [1.29, 1.82) is 0 Å². The summed E-state index contributed by atoms with van der Waals surface area (Å²) in [6, 6.07) is 6.73. The van der Waals surface area contributed by atoms with Crippen molar-refractivity contribution >= 4 is 5.69 Å². The fourth-order valence-corrected chi connectivity index (χ4v) is 3.54. The van der Waals surface area contributed by atoms with Crippen molar-refractivity contribution in [3.8, 4) is 0 Å². The summed E-state index contributed by atoms with van der Waals surface area (Å²) in [6.45, 7) is 5.26. The molecular weight excluding hydrogens is 239 g/mol. The van der Waals surface area contributed by atoms with E-state index in [0.717, 1.165) is 18.0 Å². The van der Waals surface area contributed by atoms with Gasteiger partial charge >= 0.3 is 0 Å². The van der Waals surface area contributed by atoms with Crippen LogP contribution < -0.4 is 10.6 Å². The Morgan fingerprint density at radius 1 is 1.32 bits per heavy atom. The number of benzene rings is 1. The molecule has 0 aliphatic heterocycles. The zero-order chi connectivity index (χ0) is 14.0. The Kier molecular flexibility index (Phi) is 4.14. The largest absolute Gasteiger partial charge is 0.367 e. The van der Waals surface area contributed by atoms with Crippen molar-refractivity contribution in [3.63, 3.8) is 0 Å². The lowest BCUT2D eigenvalue weighted by atomic mass is 9.69. The predicted molar refractivity (Wildman–Crippen MR) is 78.8 cm³/mol. The fourth-order valence-electron chi connectivity index (χ4n) is 3.54. The third-order valence-corrected chi connectivity index (χ3v) is 4.98. The average molecular weight is 264 g/mol. The molecule has 0 bridgehead atoms. The van der Waals surface area contributed by atoms with Gasteiger partial charge in [-0.1, -0.05) is 13.8 Å². The molecule has 3 unspecified atom stereocenters. The van der Waals surface area contributed by atoms with Gasteiger partial charge in [0.25, 0.3) is 0 Å². The van der Waals surface area contributed by atoms with E-state index in [2.05, 4.69) is 25.8 Å². The summed E-state index contributed by atoms with van der Waals surface area (Å²) in [5, 5.41) is 0. The molecule has 1 aliphatic carbocycles. The topological polar surface area (TPSA) is 29.3 Å². The molecule has 0 saturated heterocycles. The molecule has 1 fully saturated rings. The van der Waals surface area contributed by atoms with Crippen LogP contribution in [0.5, 0.6) is 0 Å². The highest BCUT2D eigenvalue weighted by molar-refractivity contribution is 5.49. The van der Waals surface area contributed by atoms with Gasteiger partial charge in [0, 0.05) is 19.3 Å². The Morgan fingerprint density at radius 2 is 1.95 bits per heavy atom. The van der Waals surface area contributed by atoms with Crippen LogP contribution in [0.3, 0.4) is 0 Å². The quantitative estimate of drug-likeness (QED) is 0.906. The number of nitrogens with two attached hydrogens (primary N) is 1. The number of hydrogen-bond acceptors (Lipinski definition) is 2. The van der Waals surface area contributed by atoms with Crippen LogP contribution in [-0.2, 0) is 0 Å². The molecule has 0 heterocycles. The minimum Gasteiger partial charge on any atom is -0.367 e. The highest BCUT2D eigenvalue weighted by Crippen LogP contribution is 2.41. The van der Waals surface area contributed by atoms with Crippen molar-refractivity contribution in [1.82, 2.24) is 0 Å². The van der Waals surface area contributed by atoms with Gasteiger partial charge in [-0.2, -0.15) is 0 Å². The van der Waals surface area contributed by atoms with Crippen molar-refractivity contribution in [2.45, 2.75) is 38.6 Å². The van der Waals surface area contributed by atoms with Crippen LogP contribution >= 0.6 is 0 Å². The molecule has 2 N–H and O–H groups in total. The van der Waals surface area contributed by atoms with E-state index in [9.17, 15) is 4.39 Å².